The molecule has 0 saturated heterocycles. The van der Waals surface area contributed by atoms with Crippen molar-refractivity contribution in [3.8, 4) is 0 Å². The van der Waals surface area contributed by atoms with Gasteiger partial charge in [-0.3, -0.25) is 0 Å². The molecule has 0 aliphatic heterocycles. The first-order valence-electron chi connectivity index (χ1n) is 5.93. The van der Waals surface area contributed by atoms with Crippen LogP contribution in [-0.2, 0) is 21.3 Å². The van der Waals surface area contributed by atoms with Crippen LogP contribution in [0.3, 0.4) is 0 Å². The van der Waals surface area contributed by atoms with Crippen molar-refractivity contribution in [1.29, 1.82) is 0 Å². The molecule has 21 heavy (non-hydrogen) atoms. The second-order valence-electron chi connectivity index (χ2n) is 4.19. The van der Waals surface area contributed by atoms with Crippen molar-refractivity contribution in [2.45, 2.75) is 11.4 Å². The van der Waals surface area contributed by atoms with E-state index in [0.717, 1.165) is 0 Å². The van der Waals surface area contributed by atoms with E-state index in [1.165, 1.54) is 43.6 Å². The minimum Gasteiger partial charge on any atom is -0.464 e. The molecule has 0 aliphatic rings. The van der Waals surface area contributed by atoms with Crippen molar-refractivity contribution in [2.24, 2.45) is 0 Å². The fraction of sp³-hybridized carbons (Fsp3) is 0.154. The lowest BCUT2D eigenvalue weighted by molar-refractivity contribution is 0.0594. The summed E-state index contributed by atoms with van der Waals surface area (Å²) in [5.41, 5.74) is 0.656. The minimum absolute atomic E-state index is 0.0152. The van der Waals surface area contributed by atoms with Gasteiger partial charge in [-0.1, -0.05) is 12.1 Å². The maximum Gasteiger partial charge on any atom is 0.354 e. The number of carbonyl (C=O) groups excluding carboxylic acids is 1. The second kappa shape index (κ2) is 6.06. The minimum atomic E-state index is -3.77. The van der Waals surface area contributed by atoms with E-state index in [1.54, 1.807) is 0 Å². The summed E-state index contributed by atoms with van der Waals surface area (Å²) in [6.07, 6.45) is 1.19. The fourth-order valence-electron chi connectivity index (χ4n) is 1.62. The third-order valence-corrected chi connectivity index (χ3v) is 4.13. The number of H-pyrrole nitrogens is 1. The Labute approximate surface area is 121 Å². The Hall–Kier alpha value is -2.19. The number of esters is 1. The fourth-order valence-corrected chi connectivity index (χ4v) is 2.63. The van der Waals surface area contributed by atoms with E-state index in [4.69, 9.17) is 0 Å². The van der Waals surface area contributed by atoms with E-state index in [9.17, 15) is 17.6 Å². The van der Waals surface area contributed by atoms with Crippen LogP contribution in [0.2, 0.25) is 0 Å². The second-order valence-corrected chi connectivity index (χ2v) is 5.96. The van der Waals surface area contributed by atoms with E-state index in [0.29, 0.717) is 5.56 Å². The van der Waals surface area contributed by atoms with Gasteiger partial charge in [0.15, 0.2) is 0 Å². The first-order chi connectivity index (χ1) is 9.92. The highest BCUT2D eigenvalue weighted by Crippen LogP contribution is 2.12. The zero-order chi connectivity index (χ0) is 15.5. The molecule has 6 nitrogen and oxygen atoms in total. The number of carbonyl (C=O) groups is 1. The number of methoxy groups -OCH3 is 1. The molecule has 112 valence electrons. The lowest BCUT2D eigenvalue weighted by Gasteiger charge is -2.04. The average Bonchev–Trinajstić information content (AvgIpc) is 2.96. The Balaban J connectivity index is 2.09. The first kappa shape index (κ1) is 15.2. The molecule has 0 saturated carbocycles. The van der Waals surface area contributed by atoms with Gasteiger partial charge in [-0.2, -0.15) is 0 Å². The molecule has 0 aliphatic carbocycles. The molecular weight excluding hydrogens is 299 g/mol. The lowest BCUT2D eigenvalue weighted by Crippen LogP contribution is -2.22. The average molecular weight is 312 g/mol. The predicted octanol–water partition coefficient (Wildman–Crippen LogP) is 1.42. The highest BCUT2D eigenvalue weighted by Gasteiger charge is 2.18. The number of rotatable bonds is 5. The number of nitrogens with one attached hydrogen (secondary N) is 2. The number of aromatic amines is 1. The van der Waals surface area contributed by atoms with Gasteiger partial charge in [0.05, 0.1) is 7.11 Å². The Morgan fingerprint density at radius 3 is 2.62 bits per heavy atom. The van der Waals surface area contributed by atoms with E-state index in [-0.39, 0.29) is 17.1 Å². The lowest BCUT2D eigenvalue weighted by atomic mass is 10.2. The summed E-state index contributed by atoms with van der Waals surface area (Å²) in [6, 6.07) is 6.63. The van der Waals surface area contributed by atoms with Gasteiger partial charge in [0.25, 0.3) is 0 Å². The molecule has 0 unspecified atom stereocenters. The summed E-state index contributed by atoms with van der Waals surface area (Å²) in [5.74, 6) is -1.05. The Kier molecular flexibility index (Phi) is 4.39. The number of benzene rings is 1. The quantitative estimate of drug-likeness (QED) is 0.817. The summed E-state index contributed by atoms with van der Waals surface area (Å²) >= 11 is 0. The molecule has 0 spiro atoms. The van der Waals surface area contributed by atoms with Gasteiger partial charge in [-0.05, 0) is 23.8 Å². The number of aromatic nitrogens is 1. The molecule has 2 aromatic rings. The van der Waals surface area contributed by atoms with Crippen molar-refractivity contribution in [1.82, 2.24) is 9.71 Å². The van der Waals surface area contributed by atoms with Crippen molar-refractivity contribution in [3.05, 3.63) is 53.6 Å². The predicted molar refractivity (Wildman–Crippen MR) is 72.6 cm³/mol. The molecule has 0 amide bonds. The SMILES string of the molecule is COC(=O)c1cc(S(=O)(=O)NCc2ccc(F)cc2)c[nH]1. The zero-order valence-electron chi connectivity index (χ0n) is 11.1. The van der Waals surface area contributed by atoms with Gasteiger partial charge >= 0.3 is 5.97 Å². The van der Waals surface area contributed by atoms with Crippen molar-refractivity contribution in [3.63, 3.8) is 0 Å². The molecule has 0 radical (unpaired) electrons. The Morgan fingerprint density at radius 1 is 1.33 bits per heavy atom. The van der Waals surface area contributed by atoms with Crippen molar-refractivity contribution >= 4 is 16.0 Å². The molecule has 0 atom stereocenters. The van der Waals surface area contributed by atoms with E-state index in [2.05, 4.69) is 14.4 Å². The van der Waals surface area contributed by atoms with Crippen molar-refractivity contribution < 1.29 is 22.3 Å². The molecular formula is C13H13FN2O4S. The van der Waals surface area contributed by atoms with E-state index < -0.39 is 21.8 Å². The summed E-state index contributed by atoms with van der Waals surface area (Å²) < 4.78 is 43.7. The molecule has 1 aromatic carbocycles. The molecule has 1 heterocycles. The summed E-state index contributed by atoms with van der Waals surface area (Å²) in [4.78, 5) is 13.7. The van der Waals surface area contributed by atoms with Gasteiger partial charge < -0.3 is 9.72 Å². The summed E-state index contributed by atoms with van der Waals surface area (Å²) in [6.45, 7) is 0.0152. The van der Waals surface area contributed by atoms with Gasteiger partial charge in [-0.15, -0.1) is 0 Å². The third-order valence-electron chi connectivity index (χ3n) is 2.75. The molecule has 0 fully saturated rings. The van der Waals surface area contributed by atoms with Crippen LogP contribution in [-0.4, -0.2) is 26.5 Å². The monoisotopic (exact) mass is 312 g/mol. The van der Waals surface area contributed by atoms with Crippen LogP contribution in [0.4, 0.5) is 4.39 Å². The maximum atomic E-state index is 12.8. The van der Waals surface area contributed by atoms with E-state index >= 15 is 0 Å². The molecule has 1 aromatic heterocycles. The van der Waals surface area contributed by atoms with Crippen LogP contribution in [0.1, 0.15) is 16.1 Å². The number of hydrogen-bond acceptors (Lipinski definition) is 4. The van der Waals surface area contributed by atoms with Crippen LogP contribution >= 0.6 is 0 Å². The van der Waals surface area contributed by atoms with Gasteiger partial charge in [-0.25, -0.2) is 22.3 Å². The summed E-state index contributed by atoms with van der Waals surface area (Å²) in [5, 5.41) is 0. The topological polar surface area (TPSA) is 88.3 Å². The molecule has 2 N–H and O–H groups in total. The number of halogens is 1. The number of sulfonamides is 1. The molecule has 8 heteroatoms. The van der Waals surface area contributed by atoms with Crippen LogP contribution in [0.5, 0.6) is 0 Å². The van der Waals surface area contributed by atoms with Gasteiger partial charge in [0.2, 0.25) is 10.0 Å². The third kappa shape index (κ3) is 3.67. The zero-order valence-corrected chi connectivity index (χ0v) is 11.9. The standard InChI is InChI=1S/C13H13FN2O4S/c1-20-13(17)12-6-11(8-15-12)21(18,19)16-7-9-2-4-10(14)5-3-9/h2-6,8,15-16H,7H2,1H3. The molecule has 0 bridgehead atoms. The van der Waals surface area contributed by atoms with Crippen LogP contribution in [0.15, 0.2) is 41.4 Å². The molecule has 2 rings (SSSR count). The summed E-state index contributed by atoms with van der Waals surface area (Å²) in [7, 11) is -2.57. The maximum absolute atomic E-state index is 12.8. The van der Waals surface area contributed by atoms with E-state index in [1.807, 2.05) is 0 Å². The van der Waals surface area contributed by atoms with Gasteiger partial charge in [0, 0.05) is 12.7 Å². The number of ether oxygens (including phenoxy) is 1. The highest BCUT2D eigenvalue weighted by atomic mass is 32.2. The van der Waals surface area contributed by atoms with Crippen LogP contribution in [0, 0.1) is 5.82 Å². The van der Waals surface area contributed by atoms with Crippen LogP contribution in [0.25, 0.3) is 0 Å². The van der Waals surface area contributed by atoms with Crippen molar-refractivity contribution in [2.75, 3.05) is 7.11 Å². The first-order valence-corrected chi connectivity index (χ1v) is 7.41. The Bertz CT molecular complexity index is 738. The smallest absolute Gasteiger partial charge is 0.354 e. The van der Waals surface area contributed by atoms with Gasteiger partial charge in [0.1, 0.15) is 16.4 Å². The Morgan fingerprint density at radius 2 is 2.00 bits per heavy atom. The normalized spacial score (nSPS) is 11.3. The highest BCUT2D eigenvalue weighted by molar-refractivity contribution is 7.89. The number of hydrogen-bond donors (Lipinski definition) is 2. The van der Waals surface area contributed by atoms with Crippen LogP contribution < -0.4 is 4.72 Å². The largest absolute Gasteiger partial charge is 0.464 e.